The van der Waals surface area contributed by atoms with Crippen LogP contribution in [0, 0.1) is 0 Å². The standard InChI is InChI=1S/C29H42N2O4/c1-32-26-16-20-12-14-30-24(22(20)18-28(26)34-3)10-8-6-5-7-9-11-25-23-19-29(35-4)27(33-2)17-21(23)13-15-31-25/h16-19,24-25,30-31H,5-15H2,1-4H3. The summed E-state index contributed by atoms with van der Waals surface area (Å²) in [4.78, 5) is 0. The SMILES string of the molecule is COc1cc2c(cc1OC)C(CCCCCCCC1NCCc3cc(OC)c(OC)cc31)NCC2. The van der Waals surface area contributed by atoms with Crippen molar-refractivity contribution in [1.29, 1.82) is 0 Å². The third-order valence-corrected chi connectivity index (χ3v) is 7.60. The smallest absolute Gasteiger partial charge is 0.161 e. The minimum Gasteiger partial charge on any atom is -0.493 e. The van der Waals surface area contributed by atoms with Crippen LogP contribution in [-0.4, -0.2) is 41.5 Å². The lowest BCUT2D eigenvalue weighted by Gasteiger charge is -2.28. The normalized spacial score (nSPS) is 19.0. The van der Waals surface area contributed by atoms with E-state index in [9.17, 15) is 0 Å². The van der Waals surface area contributed by atoms with Crippen LogP contribution in [0.15, 0.2) is 24.3 Å². The highest BCUT2D eigenvalue weighted by atomic mass is 16.5. The molecule has 0 saturated carbocycles. The molecule has 35 heavy (non-hydrogen) atoms. The second-order valence-electron chi connectivity index (χ2n) is 9.67. The predicted octanol–water partition coefficient (Wildman–Crippen LogP) is 5.53. The summed E-state index contributed by atoms with van der Waals surface area (Å²) >= 11 is 0. The molecule has 0 fully saturated rings. The second-order valence-corrected chi connectivity index (χ2v) is 9.67. The van der Waals surface area contributed by atoms with Gasteiger partial charge in [-0.3, -0.25) is 0 Å². The number of nitrogens with one attached hydrogen (secondary N) is 2. The zero-order valence-electron chi connectivity index (χ0n) is 21.9. The van der Waals surface area contributed by atoms with E-state index in [4.69, 9.17) is 18.9 Å². The van der Waals surface area contributed by atoms with Crippen molar-refractivity contribution in [1.82, 2.24) is 10.6 Å². The van der Waals surface area contributed by atoms with Gasteiger partial charge in [0.2, 0.25) is 0 Å². The highest BCUT2D eigenvalue weighted by Gasteiger charge is 2.23. The Bertz CT molecular complexity index is 900. The summed E-state index contributed by atoms with van der Waals surface area (Å²) in [6, 6.07) is 9.48. The van der Waals surface area contributed by atoms with Gasteiger partial charge in [0.25, 0.3) is 0 Å². The van der Waals surface area contributed by atoms with Crippen LogP contribution in [0.25, 0.3) is 0 Å². The molecule has 0 aliphatic carbocycles. The molecule has 0 spiro atoms. The van der Waals surface area contributed by atoms with Crippen LogP contribution in [0.2, 0.25) is 0 Å². The first-order chi connectivity index (χ1) is 17.2. The fourth-order valence-electron chi connectivity index (χ4n) is 5.68. The zero-order valence-corrected chi connectivity index (χ0v) is 21.9. The Morgan fingerprint density at radius 1 is 0.571 bits per heavy atom. The average molecular weight is 483 g/mol. The van der Waals surface area contributed by atoms with Gasteiger partial charge >= 0.3 is 0 Å². The molecule has 6 heteroatoms. The average Bonchev–Trinajstić information content (AvgIpc) is 2.90. The molecule has 2 aliphatic heterocycles. The highest BCUT2D eigenvalue weighted by molar-refractivity contribution is 5.50. The van der Waals surface area contributed by atoms with Gasteiger partial charge < -0.3 is 29.6 Å². The number of unbranched alkanes of at least 4 members (excludes halogenated alkanes) is 4. The van der Waals surface area contributed by atoms with Gasteiger partial charge in [0, 0.05) is 12.1 Å². The van der Waals surface area contributed by atoms with Crippen molar-refractivity contribution < 1.29 is 18.9 Å². The molecule has 2 unspecified atom stereocenters. The Morgan fingerprint density at radius 2 is 0.943 bits per heavy atom. The van der Waals surface area contributed by atoms with Crippen LogP contribution in [0.1, 0.15) is 79.3 Å². The molecule has 2 atom stereocenters. The van der Waals surface area contributed by atoms with Crippen LogP contribution >= 0.6 is 0 Å². The quantitative estimate of drug-likeness (QED) is 0.388. The summed E-state index contributed by atoms with van der Waals surface area (Å²) in [6.45, 7) is 2.05. The molecule has 2 heterocycles. The maximum Gasteiger partial charge on any atom is 0.161 e. The van der Waals surface area contributed by atoms with Crippen molar-refractivity contribution >= 4 is 0 Å². The first-order valence-corrected chi connectivity index (χ1v) is 13.1. The van der Waals surface area contributed by atoms with E-state index in [1.54, 1.807) is 28.4 Å². The van der Waals surface area contributed by atoms with Crippen molar-refractivity contribution in [2.24, 2.45) is 0 Å². The van der Waals surface area contributed by atoms with E-state index in [1.165, 1.54) is 67.2 Å². The van der Waals surface area contributed by atoms with Gasteiger partial charge in [0.1, 0.15) is 0 Å². The number of methoxy groups -OCH3 is 4. The van der Waals surface area contributed by atoms with Gasteiger partial charge in [-0.2, -0.15) is 0 Å². The van der Waals surface area contributed by atoms with E-state index < -0.39 is 0 Å². The first kappa shape index (κ1) is 25.6. The highest BCUT2D eigenvalue weighted by Crippen LogP contribution is 2.38. The lowest BCUT2D eigenvalue weighted by Crippen LogP contribution is -2.30. The molecule has 0 saturated heterocycles. The van der Waals surface area contributed by atoms with Gasteiger partial charge in [0.05, 0.1) is 28.4 Å². The zero-order chi connectivity index (χ0) is 24.6. The van der Waals surface area contributed by atoms with Crippen molar-refractivity contribution in [3.8, 4) is 23.0 Å². The molecule has 2 aliphatic rings. The van der Waals surface area contributed by atoms with E-state index in [2.05, 4.69) is 34.9 Å². The van der Waals surface area contributed by atoms with Crippen LogP contribution in [0.3, 0.4) is 0 Å². The Morgan fingerprint density at radius 3 is 1.34 bits per heavy atom. The van der Waals surface area contributed by atoms with Crippen molar-refractivity contribution in [2.45, 2.75) is 69.9 Å². The minimum absolute atomic E-state index is 0.411. The summed E-state index contributed by atoms with van der Waals surface area (Å²) in [5.74, 6) is 3.32. The molecule has 0 amide bonds. The van der Waals surface area contributed by atoms with Crippen LogP contribution in [0.4, 0.5) is 0 Å². The first-order valence-electron chi connectivity index (χ1n) is 13.1. The van der Waals surface area contributed by atoms with E-state index >= 15 is 0 Å². The maximum absolute atomic E-state index is 5.55. The summed E-state index contributed by atoms with van der Waals surface area (Å²) in [7, 11) is 6.84. The lowest BCUT2D eigenvalue weighted by molar-refractivity contribution is 0.351. The Labute approximate surface area is 210 Å². The van der Waals surface area contributed by atoms with Gasteiger partial charge in [-0.05, 0) is 85.3 Å². The van der Waals surface area contributed by atoms with E-state index in [1.807, 2.05) is 0 Å². The fraction of sp³-hybridized carbons (Fsp3) is 0.586. The van der Waals surface area contributed by atoms with Crippen LogP contribution < -0.4 is 29.6 Å². The molecule has 0 bridgehead atoms. The van der Waals surface area contributed by atoms with Gasteiger partial charge in [0.15, 0.2) is 23.0 Å². The molecule has 0 aromatic heterocycles. The monoisotopic (exact) mass is 482 g/mol. The summed E-state index contributed by atoms with van der Waals surface area (Å²) in [5.41, 5.74) is 5.54. The van der Waals surface area contributed by atoms with Crippen LogP contribution in [0.5, 0.6) is 23.0 Å². The molecule has 4 rings (SSSR count). The number of ether oxygens (including phenoxy) is 4. The third kappa shape index (κ3) is 6.04. The summed E-state index contributed by atoms with van der Waals surface area (Å²) in [6.07, 6.45) is 10.8. The maximum atomic E-state index is 5.55. The lowest BCUT2D eigenvalue weighted by atomic mass is 9.89. The molecule has 192 valence electrons. The van der Waals surface area contributed by atoms with Gasteiger partial charge in [-0.1, -0.05) is 32.1 Å². The summed E-state index contributed by atoms with van der Waals surface area (Å²) < 4.78 is 22.1. The van der Waals surface area contributed by atoms with Crippen LogP contribution in [-0.2, 0) is 12.8 Å². The minimum atomic E-state index is 0.411. The Kier molecular flexibility index (Phi) is 9.16. The molecule has 2 aromatic rings. The third-order valence-electron chi connectivity index (χ3n) is 7.60. The molecule has 0 radical (unpaired) electrons. The van der Waals surface area contributed by atoms with Gasteiger partial charge in [-0.15, -0.1) is 0 Å². The number of hydrogen-bond acceptors (Lipinski definition) is 6. The number of fused-ring (bicyclic) bond motifs is 2. The Hall–Kier alpha value is -2.44. The second kappa shape index (κ2) is 12.5. The number of benzene rings is 2. The number of rotatable bonds is 12. The van der Waals surface area contributed by atoms with Crippen molar-refractivity contribution in [2.75, 3.05) is 41.5 Å². The largest absolute Gasteiger partial charge is 0.493 e. The molecule has 2 aromatic carbocycles. The fourth-order valence-corrected chi connectivity index (χ4v) is 5.68. The molecular weight excluding hydrogens is 440 g/mol. The molecule has 2 N–H and O–H groups in total. The van der Waals surface area contributed by atoms with E-state index in [-0.39, 0.29) is 0 Å². The molecular formula is C29H42N2O4. The molecule has 6 nitrogen and oxygen atoms in total. The van der Waals surface area contributed by atoms with E-state index in [0.29, 0.717) is 12.1 Å². The summed E-state index contributed by atoms with van der Waals surface area (Å²) in [5, 5.41) is 7.42. The van der Waals surface area contributed by atoms with E-state index in [0.717, 1.165) is 48.9 Å². The topological polar surface area (TPSA) is 61.0 Å². The predicted molar refractivity (Wildman–Crippen MR) is 140 cm³/mol. The number of hydrogen-bond donors (Lipinski definition) is 2. The van der Waals surface area contributed by atoms with Gasteiger partial charge in [-0.25, -0.2) is 0 Å². The van der Waals surface area contributed by atoms with Crippen molar-refractivity contribution in [3.63, 3.8) is 0 Å². The van der Waals surface area contributed by atoms with Crippen molar-refractivity contribution in [3.05, 3.63) is 46.5 Å². The Balaban J connectivity index is 1.22.